The number of carbonyl (C=O) groups is 1. The largest absolute Gasteiger partial charge is 0.332 e. The molecule has 0 fully saturated rings. The number of nitrogens with zero attached hydrogens (tertiary/aromatic N) is 6. The third-order valence-corrected chi connectivity index (χ3v) is 5.45. The van der Waals surface area contributed by atoms with Crippen molar-refractivity contribution in [2.75, 3.05) is 11.6 Å². The maximum absolute atomic E-state index is 13.5. The molecule has 1 aliphatic rings. The molecule has 9 nitrogen and oxygen atoms in total. The van der Waals surface area contributed by atoms with Gasteiger partial charge in [-0.25, -0.2) is 9.80 Å². The second kappa shape index (κ2) is 7.08. The van der Waals surface area contributed by atoms with E-state index in [0.29, 0.717) is 11.5 Å². The number of anilines is 1. The van der Waals surface area contributed by atoms with Crippen LogP contribution in [-0.2, 0) is 18.4 Å². The van der Waals surface area contributed by atoms with Crippen molar-refractivity contribution in [3.8, 4) is 0 Å². The maximum Gasteiger partial charge on any atom is 0.332 e. The van der Waals surface area contributed by atoms with Crippen LogP contribution in [0.2, 0.25) is 0 Å². The molecule has 0 radical (unpaired) electrons. The lowest BCUT2D eigenvalue weighted by atomic mass is 10.1. The van der Waals surface area contributed by atoms with Gasteiger partial charge in [-0.2, -0.15) is 10.1 Å². The number of imidazole rings is 1. The molecule has 0 aliphatic carbocycles. The van der Waals surface area contributed by atoms with Crippen LogP contribution in [0.25, 0.3) is 11.2 Å². The summed E-state index contributed by atoms with van der Waals surface area (Å²) in [7, 11) is 1.60. The van der Waals surface area contributed by atoms with Gasteiger partial charge in [-0.15, -0.1) is 0 Å². The minimum absolute atomic E-state index is 0.0405. The molecule has 3 heterocycles. The quantitative estimate of drug-likeness (QED) is 0.654. The molecule has 1 aliphatic heterocycles. The zero-order valence-electron chi connectivity index (χ0n) is 17.7. The summed E-state index contributed by atoms with van der Waals surface area (Å²) in [4.78, 5) is 42.7. The number of carbonyl (C=O) groups excluding carboxylic acids is 1. The van der Waals surface area contributed by atoms with E-state index in [1.165, 1.54) is 21.1 Å². The second-order valence-electron chi connectivity index (χ2n) is 7.85. The summed E-state index contributed by atoms with van der Waals surface area (Å²) < 4.78 is 4.39. The first-order chi connectivity index (χ1) is 14.2. The van der Waals surface area contributed by atoms with Gasteiger partial charge in [0.05, 0.1) is 18.3 Å². The highest BCUT2D eigenvalue weighted by Crippen LogP contribution is 2.29. The van der Waals surface area contributed by atoms with Gasteiger partial charge < -0.3 is 0 Å². The number of fused-ring (bicyclic) bond motifs is 3. The van der Waals surface area contributed by atoms with E-state index in [1.807, 2.05) is 45.0 Å². The summed E-state index contributed by atoms with van der Waals surface area (Å²) in [6.45, 7) is 7.42. The Morgan fingerprint density at radius 1 is 1.20 bits per heavy atom. The van der Waals surface area contributed by atoms with Crippen molar-refractivity contribution in [1.29, 1.82) is 0 Å². The van der Waals surface area contributed by atoms with Crippen LogP contribution in [0.4, 0.5) is 5.95 Å². The number of hydrazone groups is 1. The predicted molar refractivity (Wildman–Crippen MR) is 115 cm³/mol. The summed E-state index contributed by atoms with van der Waals surface area (Å²) in [5.41, 5.74) is 2.45. The molecule has 4 rings (SSSR count). The van der Waals surface area contributed by atoms with E-state index in [0.717, 1.165) is 16.8 Å². The van der Waals surface area contributed by atoms with E-state index in [2.05, 4.69) is 10.1 Å². The van der Waals surface area contributed by atoms with Gasteiger partial charge in [-0.1, -0.05) is 29.8 Å². The van der Waals surface area contributed by atoms with Crippen LogP contribution in [0.5, 0.6) is 0 Å². The molecule has 0 unspecified atom stereocenters. The van der Waals surface area contributed by atoms with Crippen molar-refractivity contribution in [3.05, 3.63) is 56.2 Å². The van der Waals surface area contributed by atoms with E-state index in [1.54, 1.807) is 11.6 Å². The van der Waals surface area contributed by atoms with Crippen molar-refractivity contribution in [3.63, 3.8) is 0 Å². The number of aromatic nitrogens is 4. The topological polar surface area (TPSA) is 94.5 Å². The highest BCUT2D eigenvalue weighted by Gasteiger charge is 2.31. The van der Waals surface area contributed by atoms with Crippen LogP contribution < -0.4 is 16.3 Å². The molecule has 0 saturated heterocycles. The van der Waals surface area contributed by atoms with Gasteiger partial charge in [0.25, 0.3) is 5.56 Å². The number of hydrogen-bond acceptors (Lipinski definition) is 6. The lowest BCUT2D eigenvalue weighted by Gasteiger charge is -2.28. The Kier molecular flexibility index (Phi) is 4.68. The van der Waals surface area contributed by atoms with E-state index >= 15 is 0 Å². The molecule has 3 aromatic rings. The summed E-state index contributed by atoms with van der Waals surface area (Å²) in [5, 5.41) is 5.96. The summed E-state index contributed by atoms with van der Waals surface area (Å²) in [6.07, 6.45) is 0. The normalized spacial score (nSPS) is 16.0. The van der Waals surface area contributed by atoms with Gasteiger partial charge in [-0.3, -0.25) is 23.3 Å². The Morgan fingerprint density at radius 3 is 2.60 bits per heavy atom. The zero-order chi connectivity index (χ0) is 21.7. The second-order valence-corrected chi connectivity index (χ2v) is 7.85. The van der Waals surface area contributed by atoms with E-state index in [9.17, 15) is 14.4 Å². The number of Topliss-reactive ketones (excluding diaryl/α,β-unsaturated/α-hetero) is 1. The fourth-order valence-electron chi connectivity index (χ4n) is 3.83. The SMILES string of the molecule is CC(=O)CN1N=C(C)[C@H](C)n2c1nc1c2c(=O)n(Cc2cccc(C)c2)c(=O)n1C. The van der Waals surface area contributed by atoms with Crippen molar-refractivity contribution < 1.29 is 4.79 Å². The van der Waals surface area contributed by atoms with Gasteiger partial charge in [0, 0.05) is 7.05 Å². The minimum Gasteiger partial charge on any atom is -0.298 e. The lowest BCUT2D eigenvalue weighted by molar-refractivity contribution is -0.115. The monoisotopic (exact) mass is 408 g/mol. The molecule has 30 heavy (non-hydrogen) atoms. The molecule has 0 N–H and O–H groups in total. The Balaban J connectivity index is 1.98. The Hall–Kier alpha value is -3.49. The van der Waals surface area contributed by atoms with Gasteiger partial charge in [0.2, 0.25) is 5.95 Å². The first-order valence-corrected chi connectivity index (χ1v) is 9.78. The Morgan fingerprint density at radius 2 is 1.93 bits per heavy atom. The molecule has 0 saturated carbocycles. The van der Waals surface area contributed by atoms with Crippen LogP contribution in [0.15, 0.2) is 39.0 Å². The molecule has 9 heteroatoms. The van der Waals surface area contributed by atoms with Crippen molar-refractivity contribution in [1.82, 2.24) is 18.7 Å². The molecule has 2 aromatic heterocycles. The number of rotatable bonds is 4. The van der Waals surface area contributed by atoms with Crippen LogP contribution >= 0.6 is 0 Å². The van der Waals surface area contributed by atoms with Crippen molar-refractivity contribution in [2.24, 2.45) is 12.1 Å². The zero-order valence-corrected chi connectivity index (χ0v) is 17.7. The molecule has 0 spiro atoms. The number of hydrogen-bond donors (Lipinski definition) is 0. The maximum atomic E-state index is 13.5. The van der Waals surface area contributed by atoms with E-state index < -0.39 is 11.2 Å². The summed E-state index contributed by atoms with van der Waals surface area (Å²) >= 11 is 0. The highest BCUT2D eigenvalue weighted by atomic mass is 16.2. The van der Waals surface area contributed by atoms with Crippen molar-refractivity contribution >= 4 is 28.6 Å². The summed E-state index contributed by atoms with van der Waals surface area (Å²) in [5.74, 6) is 0.309. The van der Waals surface area contributed by atoms with E-state index in [4.69, 9.17) is 0 Å². The van der Waals surface area contributed by atoms with Crippen LogP contribution in [0, 0.1) is 6.92 Å². The third-order valence-electron chi connectivity index (χ3n) is 5.45. The minimum atomic E-state index is -0.437. The van der Waals surface area contributed by atoms with Crippen LogP contribution in [0.3, 0.4) is 0 Å². The smallest absolute Gasteiger partial charge is 0.298 e. The van der Waals surface area contributed by atoms with Crippen LogP contribution in [0.1, 0.15) is 37.9 Å². The lowest BCUT2D eigenvalue weighted by Crippen LogP contribution is -2.40. The molecular formula is C21H24N6O3. The van der Waals surface area contributed by atoms with Crippen molar-refractivity contribution in [2.45, 2.75) is 40.3 Å². The molecule has 0 bridgehead atoms. The standard InChI is InChI=1S/C21H24N6O3/c1-12-7-6-8-16(9-12)11-25-19(29)17-18(24(5)21(25)30)22-20-26(10-13(2)28)23-14(3)15(4)27(17)20/h6-9,15H,10-11H2,1-5H3/t15-/m0/s1. The van der Waals surface area contributed by atoms with Gasteiger partial charge in [-0.05, 0) is 33.3 Å². The molecular weight excluding hydrogens is 384 g/mol. The first kappa shape index (κ1) is 19.8. The number of ketones is 1. The Bertz CT molecular complexity index is 1330. The van der Waals surface area contributed by atoms with Gasteiger partial charge in [0.1, 0.15) is 6.54 Å². The fraction of sp³-hybridized carbons (Fsp3) is 0.381. The average Bonchev–Trinajstić information content (AvgIpc) is 3.09. The Labute approximate surface area is 172 Å². The van der Waals surface area contributed by atoms with Crippen LogP contribution in [-0.4, -0.2) is 36.7 Å². The highest BCUT2D eigenvalue weighted by molar-refractivity contribution is 5.92. The molecule has 1 aromatic carbocycles. The average molecular weight is 408 g/mol. The first-order valence-electron chi connectivity index (χ1n) is 9.78. The number of aryl methyl sites for hydroxylation is 2. The third kappa shape index (κ3) is 3.06. The fourth-order valence-corrected chi connectivity index (χ4v) is 3.83. The van der Waals surface area contributed by atoms with Gasteiger partial charge >= 0.3 is 5.69 Å². The molecule has 1 atom stereocenters. The number of benzene rings is 1. The summed E-state index contributed by atoms with van der Waals surface area (Å²) in [6, 6.07) is 7.49. The predicted octanol–water partition coefficient (Wildman–Crippen LogP) is 1.60. The molecule has 156 valence electrons. The van der Waals surface area contributed by atoms with Gasteiger partial charge in [0.15, 0.2) is 16.9 Å². The van der Waals surface area contributed by atoms with E-state index in [-0.39, 0.29) is 30.6 Å². The molecule has 0 amide bonds.